The summed E-state index contributed by atoms with van der Waals surface area (Å²) in [5.74, 6) is -1.03. The minimum absolute atomic E-state index is 0.120. The van der Waals surface area contributed by atoms with Crippen molar-refractivity contribution in [3.8, 4) is 0 Å². The fourth-order valence-electron chi connectivity index (χ4n) is 1.52. The van der Waals surface area contributed by atoms with Crippen molar-refractivity contribution in [3.63, 3.8) is 0 Å². The number of carboxylic acid groups (broad SMARTS) is 1. The van der Waals surface area contributed by atoms with Crippen LogP contribution in [0.25, 0.3) is 0 Å². The van der Waals surface area contributed by atoms with Crippen molar-refractivity contribution < 1.29 is 14.7 Å². The van der Waals surface area contributed by atoms with Crippen LogP contribution in [0.2, 0.25) is 0 Å². The predicted octanol–water partition coefficient (Wildman–Crippen LogP) is 0.434. The average Bonchev–Trinajstić information content (AvgIpc) is 2.77. The van der Waals surface area contributed by atoms with E-state index in [1.807, 2.05) is 11.5 Å². The number of aromatic nitrogens is 2. The van der Waals surface area contributed by atoms with E-state index in [0.717, 1.165) is 0 Å². The first-order chi connectivity index (χ1) is 8.52. The monoisotopic (exact) mass is 254 g/mol. The van der Waals surface area contributed by atoms with Crippen LogP contribution in [-0.4, -0.2) is 38.7 Å². The van der Waals surface area contributed by atoms with E-state index in [1.54, 1.807) is 25.6 Å². The first-order valence-electron chi connectivity index (χ1n) is 5.78. The number of hydrogen-bond donors (Lipinski definition) is 3. The molecule has 7 heteroatoms. The third-order valence-corrected chi connectivity index (χ3v) is 2.43. The molecule has 0 aliphatic heterocycles. The van der Waals surface area contributed by atoms with E-state index in [-0.39, 0.29) is 6.04 Å². The molecule has 0 spiro atoms. The molecule has 2 unspecified atom stereocenters. The van der Waals surface area contributed by atoms with Crippen LogP contribution in [0, 0.1) is 0 Å². The number of carbonyl (C=O) groups is 2. The lowest BCUT2D eigenvalue weighted by Gasteiger charge is -2.17. The highest BCUT2D eigenvalue weighted by Crippen LogP contribution is 1.94. The fourth-order valence-corrected chi connectivity index (χ4v) is 1.52. The van der Waals surface area contributed by atoms with E-state index < -0.39 is 18.0 Å². The van der Waals surface area contributed by atoms with Crippen LogP contribution in [-0.2, 0) is 11.3 Å². The van der Waals surface area contributed by atoms with Gasteiger partial charge >= 0.3 is 12.0 Å². The highest BCUT2D eigenvalue weighted by atomic mass is 16.4. The molecule has 2 amide bonds. The molecule has 1 aromatic heterocycles. The smallest absolute Gasteiger partial charge is 0.326 e. The van der Waals surface area contributed by atoms with Gasteiger partial charge in [0.1, 0.15) is 6.04 Å². The minimum atomic E-state index is -1.03. The van der Waals surface area contributed by atoms with Crippen molar-refractivity contribution >= 4 is 12.0 Å². The summed E-state index contributed by atoms with van der Waals surface area (Å²) in [4.78, 5) is 26.2. The van der Waals surface area contributed by atoms with Crippen LogP contribution < -0.4 is 10.6 Å². The van der Waals surface area contributed by atoms with Gasteiger partial charge in [-0.15, -0.1) is 0 Å². The fraction of sp³-hybridized carbons (Fsp3) is 0.545. The number of hydrogen-bond acceptors (Lipinski definition) is 3. The van der Waals surface area contributed by atoms with Crippen molar-refractivity contribution in [2.24, 2.45) is 0 Å². The zero-order valence-electron chi connectivity index (χ0n) is 10.5. The van der Waals surface area contributed by atoms with Crippen LogP contribution in [0.1, 0.15) is 20.3 Å². The van der Waals surface area contributed by atoms with Crippen LogP contribution in [0.5, 0.6) is 0 Å². The van der Waals surface area contributed by atoms with E-state index in [1.165, 1.54) is 0 Å². The van der Waals surface area contributed by atoms with Gasteiger partial charge in [-0.1, -0.05) is 6.92 Å². The molecule has 1 rings (SSSR count). The molecular weight excluding hydrogens is 236 g/mol. The number of nitrogens with zero attached hydrogens (tertiary/aromatic N) is 2. The Morgan fingerprint density at radius 1 is 1.44 bits per heavy atom. The maximum absolute atomic E-state index is 11.5. The van der Waals surface area contributed by atoms with E-state index in [4.69, 9.17) is 5.11 Å². The second-order valence-corrected chi connectivity index (χ2v) is 4.08. The number of aliphatic carboxylic acids is 1. The van der Waals surface area contributed by atoms with Crippen LogP contribution in [0.15, 0.2) is 18.7 Å². The summed E-state index contributed by atoms with van der Waals surface area (Å²) in [6.07, 6.45) is 5.45. The standard InChI is InChI=1S/C11H18N4O3/c1-3-9(10(16)17)14-11(18)13-8(2)6-15-5-4-12-7-15/h4-5,7-9H,3,6H2,1-2H3,(H,16,17)(H2,13,14,18). The minimum Gasteiger partial charge on any atom is -0.480 e. The average molecular weight is 254 g/mol. The molecule has 3 N–H and O–H groups in total. The molecule has 0 radical (unpaired) electrons. The number of rotatable bonds is 6. The molecule has 7 nitrogen and oxygen atoms in total. The van der Waals surface area contributed by atoms with Gasteiger partial charge in [0, 0.05) is 25.0 Å². The highest BCUT2D eigenvalue weighted by molar-refractivity contribution is 5.82. The largest absolute Gasteiger partial charge is 0.480 e. The SMILES string of the molecule is CCC(NC(=O)NC(C)Cn1ccnc1)C(=O)O. The molecule has 100 valence electrons. The Labute approximate surface area is 105 Å². The summed E-state index contributed by atoms with van der Waals surface area (Å²) in [6.45, 7) is 4.12. The number of carbonyl (C=O) groups excluding carboxylic acids is 1. The van der Waals surface area contributed by atoms with Gasteiger partial charge in [-0.2, -0.15) is 0 Å². The lowest BCUT2D eigenvalue weighted by Crippen LogP contribution is -2.48. The van der Waals surface area contributed by atoms with Gasteiger partial charge in [0.15, 0.2) is 0 Å². The Kier molecular flexibility index (Phi) is 5.16. The first kappa shape index (κ1) is 14.0. The number of nitrogens with one attached hydrogen (secondary N) is 2. The molecule has 0 aliphatic rings. The van der Waals surface area contributed by atoms with Crippen LogP contribution in [0.4, 0.5) is 4.79 Å². The molecule has 1 aromatic rings. The molecular formula is C11H18N4O3. The van der Waals surface area contributed by atoms with Crippen molar-refractivity contribution in [2.45, 2.75) is 38.9 Å². The van der Waals surface area contributed by atoms with Gasteiger partial charge in [0.2, 0.25) is 0 Å². The second-order valence-electron chi connectivity index (χ2n) is 4.08. The Balaban J connectivity index is 2.37. The molecule has 0 saturated heterocycles. The van der Waals surface area contributed by atoms with E-state index in [9.17, 15) is 9.59 Å². The quantitative estimate of drug-likeness (QED) is 0.686. The normalized spacial score (nSPS) is 13.7. The van der Waals surface area contributed by atoms with Gasteiger partial charge in [0.05, 0.1) is 6.33 Å². The molecule has 0 aromatic carbocycles. The Morgan fingerprint density at radius 2 is 2.17 bits per heavy atom. The molecule has 1 heterocycles. The molecule has 0 aliphatic carbocycles. The lowest BCUT2D eigenvalue weighted by molar-refractivity contribution is -0.139. The molecule has 2 atom stereocenters. The van der Waals surface area contributed by atoms with Gasteiger partial charge in [-0.25, -0.2) is 14.6 Å². The third-order valence-electron chi connectivity index (χ3n) is 2.43. The maximum atomic E-state index is 11.5. The zero-order chi connectivity index (χ0) is 13.5. The summed E-state index contributed by atoms with van der Waals surface area (Å²) >= 11 is 0. The van der Waals surface area contributed by atoms with Gasteiger partial charge in [0.25, 0.3) is 0 Å². The van der Waals surface area contributed by atoms with Gasteiger partial charge < -0.3 is 20.3 Å². The molecule has 18 heavy (non-hydrogen) atoms. The number of imidazole rings is 1. The van der Waals surface area contributed by atoms with E-state index >= 15 is 0 Å². The summed E-state index contributed by atoms with van der Waals surface area (Å²) in [7, 11) is 0. The summed E-state index contributed by atoms with van der Waals surface area (Å²) in [5.41, 5.74) is 0. The predicted molar refractivity (Wildman–Crippen MR) is 65.1 cm³/mol. The summed E-state index contributed by atoms with van der Waals surface area (Å²) < 4.78 is 1.83. The van der Waals surface area contributed by atoms with Crippen LogP contribution >= 0.6 is 0 Å². The third kappa shape index (κ3) is 4.44. The molecule has 0 bridgehead atoms. The van der Waals surface area contributed by atoms with Crippen molar-refractivity contribution in [3.05, 3.63) is 18.7 Å². The number of amides is 2. The Hall–Kier alpha value is -2.05. The van der Waals surface area contributed by atoms with Crippen molar-refractivity contribution in [1.82, 2.24) is 20.2 Å². The second kappa shape index (κ2) is 6.63. The van der Waals surface area contributed by atoms with Crippen molar-refractivity contribution in [2.75, 3.05) is 0 Å². The lowest BCUT2D eigenvalue weighted by atomic mass is 10.2. The molecule has 0 fully saturated rings. The highest BCUT2D eigenvalue weighted by Gasteiger charge is 2.18. The topological polar surface area (TPSA) is 96.3 Å². The van der Waals surface area contributed by atoms with E-state index in [0.29, 0.717) is 13.0 Å². The number of carboxylic acids is 1. The zero-order valence-corrected chi connectivity index (χ0v) is 10.5. The Morgan fingerprint density at radius 3 is 2.67 bits per heavy atom. The first-order valence-corrected chi connectivity index (χ1v) is 5.78. The van der Waals surface area contributed by atoms with E-state index in [2.05, 4.69) is 15.6 Å². The van der Waals surface area contributed by atoms with Gasteiger partial charge in [-0.05, 0) is 13.3 Å². The molecule has 0 saturated carbocycles. The van der Waals surface area contributed by atoms with Crippen LogP contribution in [0.3, 0.4) is 0 Å². The maximum Gasteiger partial charge on any atom is 0.326 e. The summed E-state index contributed by atoms with van der Waals surface area (Å²) in [6, 6.07) is -1.45. The number of urea groups is 1. The van der Waals surface area contributed by atoms with Crippen molar-refractivity contribution in [1.29, 1.82) is 0 Å². The van der Waals surface area contributed by atoms with Gasteiger partial charge in [-0.3, -0.25) is 0 Å². The Bertz CT molecular complexity index is 391. The summed E-state index contributed by atoms with van der Waals surface area (Å²) in [5, 5.41) is 13.9.